The molecule has 4 heteroatoms. The van der Waals surface area contributed by atoms with E-state index in [4.69, 9.17) is 10.2 Å². The van der Waals surface area contributed by atoms with Crippen LogP contribution in [-0.2, 0) is 17.6 Å². The molecule has 0 aliphatic rings. The Morgan fingerprint density at radius 1 is 1.05 bits per heavy atom. The number of amides is 1. The molecule has 1 aromatic carbocycles. The summed E-state index contributed by atoms with van der Waals surface area (Å²) < 4.78 is 0. The maximum Gasteiger partial charge on any atom is 0.227 e. The second-order valence-corrected chi connectivity index (χ2v) is 4.92. The Bertz CT molecular complexity index is 383. The van der Waals surface area contributed by atoms with E-state index in [1.54, 1.807) is 0 Å². The number of unbranched alkanes of at least 4 members (excludes halogenated alkanes) is 1. The second-order valence-electron chi connectivity index (χ2n) is 4.92. The van der Waals surface area contributed by atoms with Crippen molar-refractivity contribution in [2.75, 3.05) is 26.3 Å². The number of aliphatic hydroxyl groups excluding tert-OH is 2. The highest BCUT2D eigenvalue weighted by molar-refractivity contribution is 5.78. The summed E-state index contributed by atoms with van der Waals surface area (Å²) in [7, 11) is 0. The maximum absolute atomic E-state index is 12.1. The van der Waals surface area contributed by atoms with E-state index in [1.165, 1.54) is 23.3 Å². The van der Waals surface area contributed by atoms with Gasteiger partial charge in [-0.15, -0.1) is 0 Å². The van der Waals surface area contributed by atoms with Crippen LogP contribution in [0.2, 0.25) is 0 Å². The zero-order valence-corrected chi connectivity index (χ0v) is 12.2. The largest absolute Gasteiger partial charge is 0.395 e. The van der Waals surface area contributed by atoms with Gasteiger partial charge in [0.15, 0.2) is 0 Å². The van der Waals surface area contributed by atoms with E-state index in [1.807, 2.05) is 12.1 Å². The Morgan fingerprint density at radius 2 is 1.60 bits per heavy atom. The Labute approximate surface area is 121 Å². The molecule has 0 saturated carbocycles. The smallest absolute Gasteiger partial charge is 0.227 e. The van der Waals surface area contributed by atoms with Crippen molar-refractivity contribution in [1.82, 2.24) is 4.90 Å². The van der Waals surface area contributed by atoms with Crippen molar-refractivity contribution in [3.8, 4) is 0 Å². The molecule has 0 heterocycles. The summed E-state index contributed by atoms with van der Waals surface area (Å²) >= 11 is 0. The molecule has 0 aliphatic heterocycles. The molecule has 0 spiro atoms. The number of benzene rings is 1. The average Bonchev–Trinajstić information content (AvgIpc) is 2.46. The van der Waals surface area contributed by atoms with Gasteiger partial charge in [-0.1, -0.05) is 37.6 Å². The minimum absolute atomic E-state index is 0.0607. The Kier molecular flexibility index (Phi) is 7.92. The van der Waals surface area contributed by atoms with Gasteiger partial charge in [0.1, 0.15) is 0 Å². The van der Waals surface area contributed by atoms with E-state index in [0.717, 1.165) is 12.0 Å². The third-order valence-electron chi connectivity index (χ3n) is 3.29. The lowest BCUT2D eigenvalue weighted by Crippen LogP contribution is -2.36. The summed E-state index contributed by atoms with van der Waals surface area (Å²) in [4.78, 5) is 13.5. The van der Waals surface area contributed by atoms with Gasteiger partial charge in [-0.05, 0) is 24.0 Å². The van der Waals surface area contributed by atoms with Gasteiger partial charge >= 0.3 is 0 Å². The zero-order valence-electron chi connectivity index (χ0n) is 12.2. The number of carbonyl (C=O) groups is 1. The molecule has 0 aromatic heterocycles. The van der Waals surface area contributed by atoms with E-state index in [-0.39, 0.29) is 32.2 Å². The summed E-state index contributed by atoms with van der Waals surface area (Å²) in [6, 6.07) is 8.11. The number of aryl methyl sites for hydroxylation is 1. The predicted octanol–water partition coefficient (Wildman–Crippen LogP) is 1.38. The van der Waals surface area contributed by atoms with Gasteiger partial charge in [-0.2, -0.15) is 0 Å². The summed E-state index contributed by atoms with van der Waals surface area (Å²) in [6.07, 6.45) is 3.75. The number of hydrogen-bond donors (Lipinski definition) is 2. The van der Waals surface area contributed by atoms with Gasteiger partial charge in [0.2, 0.25) is 5.91 Å². The fourth-order valence-corrected chi connectivity index (χ4v) is 2.09. The van der Waals surface area contributed by atoms with Crippen molar-refractivity contribution in [1.29, 1.82) is 0 Å². The molecule has 0 atom stereocenters. The molecule has 0 radical (unpaired) electrons. The van der Waals surface area contributed by atoms with Crippen LogP contribution in [0.25, 0.3) is 0 Å². The third kappa shape index (κ3) is 5.72. The summed E-state index contributed by atoms with van der Waals surface area (Å²) in [5.41, 5.74) is 2.27. The van der Waals surface area contributed by atoms with Crippen LogP contribution in [0.4, 0.5) is 0 Å². The summed E-state index contributed by atoms with van der Waals surface area (Å²) in [5.74, 6) is -0.0607. The zero-order chi connectivity index (χ0) is 14.8. The normalized spacial score (nSPS) is 10.6. The second kappa shape index (κ2) is 9.50. The van der Waals surface area contributed by atoms with Gasteiger partial charge in [0.25, 0.3) is 0 Å². The average molecular weight is 279 g/mol. The van der Waals surface area contributed by atoms with E-state index in [9.17, 15) is 4.79 Å². The highest BCUT2D eigenvalue weighted by atomic mass is 16.3. The first-order chi connectivity index (χ1) is 9.71. The topological polar surface area (TPSA) is 60.8 Å². The SMILES string of the molecule is CCCCc1ccc(CC(=O)N(CCO)CCO)cc1. The lowest BCUT2D eigenvalue weighted by molar-refractivity contribution is -0.131. The molecule has 1 rings (SSSR count). The van der Waals surface area contributed by atoms with Gasteiger partial charge in [-0.25, -0.2) is 0 Å². The van der Waals surface area contributed by atoms with Crippen molar-refractivity contribution in [2.45, 2.75) is 32.6 Å². The first kappa shape index (κ1) is 16.7. The van der Waals surface area contributed by atoms with Crippen LogP contribution < -0.4 is 0 Å². The van der Waals surface area contributed by atoms with Gasteiger partial charge in [0.05, 0.1) is 19.6 Å². The molecule has 0 bridgehead atoms. The molecule has 1 aromatic rings. The predicted molar refractivity (Wildman–Crippen MR) is 79.5 cm³/mol. The highest BCUT2D eigenvalue weighted by Crippen LogP contribution is 2.09. The Morgan fingerprint density at radius 3 is 2.10 bits per heavy atom. The van der Waals surface area contributed by atoms with Crippen LogP contribution in [0.5, 0.6) is 0 Å². The third-order valence-corrected chi connectivity index (χ3v) is 3.29. The molecule has 2 N–H and O–H groups in total. The number of rotatable bonds is 9. The fraction of sp³-hybridized carbons (Fsp3) is 0.562. The number of carbonyl (C=O) groups excluding carboxylic acids is 1. The number of aliphatic hydroxyl groups is 2. The van der Waals surface area contributed by atoms with Gasteiger partial charge < -0.3 is 15.1 Å². The van der Waals surface area contributed by atoms with Crippen LogP contribution >= 0.6 is 0 Å². The van der Waals surface area contributed by atoms with E-state index in [2.05, 4.69) is 19.1 Å². The molecule has 4 nitrogen and oxygen atoms in total. The van der Waals surface area contributed by atoms with Crippen LogP contribution in [0.15, 0.2) is 24.3 Å². The molecule has 0 saturated heterocycles. The molecule has 0 fully saturated rings. The Hall–Kier alpha value is -1.39. The minimum Gasteiger partial charge on any atom is -0.395 e. The Balaban J connectivity index is 2.55. The van der Waals surface area contributed by atoms with E-state index in [0.29, 0.717) is 6.42 Å². The molecule has 0 unspecified atom stereocenters. The molecule has 1 amide bonds. The van der Waals surface area contributed by atoms with Crippen molar-refractivity contribution in [2.24, 2.45) is 0 Å². The number of nitrogens with zero attached hydrogens (tertiary/aromatic N) is 1. The van der Waals surface area contributed by atoms with E-state index >= 15 is 0 Å². The first-order valence-corrected chi connectivity index (χ1v) is 7.28. The lowest BCUT2D eigenvalue weighted by atomic mass is 10.0. The van der Waals surface area contributed by atoms with Crippen LogP contribution in [0.3, 0.4) is 0 Å². The van der Waals surface area contributed by atoms with Crippen LogP contribution in [0.1, 0.15) is 30.9 Å². The van der Waals surface area contributed by atoms with Crippen LogP contribution in [-0.4, -0.2) is 47.3 Å². The van der Waals surface area contributed by atoms with Crippen molar-refractivity contribution >= 4 is 5.91 Å². The van der Waals surface area contributed by atoms with E-state index < -0.39 is 0 Å². The van der Waals surface area contributed by atoms with Gasteiger partial charge in [0, 0.05) is 13.1 Å². The monoisotopic (exact) mass is 279 g/mol. The van der Waals surface area contributed by atoms with Crippen LogP contribution in [0, 0.1) is 0 Å². The summed E-state index contributed by atoms with van der Waals surface area (Å²) in [5, 5.41) is 17.8. The first-order valence-electron chi connectivity index (χ1n) is 7.28. The number of hydrogen-bond acceptors (Lipinski definition) is 3. The maximum atomic E-state index is 12.1. The molecule has 20 heavy (non-hydrogen) atoms. The van der Waals surface area contributed by atoms with Crippen molar-refractivity contribution in [3.63, 3.8) is 0 Å². The standard InChI is InChI=1S/C16H25NO3/c1-2-3-4-14-5-7-15(8-6-14)13-16(20)17(9-11-18)10-12-19/h5-8,18-19H,2-4,9-13H2,1H3. The fourth-order valence-electron chi connectivity index (χ4n) is 2.09. The van der Waals surface area contributed by atoms with Crippen molar-refractivity contribution < 1.29 is 15.0 Å². The molecule has 112 valence electrons. The minimum atomic E-state index is -0.0817. The van der Waals surface area contributed by atoms with Gasteiger partial charge in [-0.3, -0.25) is 4.79 Å². The molecular weight excluding hydrogens is 254 g/mol. The summed E-state index contributed by atoms with van der Waals surface area (Å²) in [6.45, 7) is 2.55. The quantitative estimate of drug-likeness (QED) is 0.718. The highest BCUT2D eigenvalue weighted by Gasteiger charge is 2.12. The molecule has 0 aliphatic carbocycles. The lowest BCUT2D eigenvalue weighted by Gasteiger charge is -2.20. The van der Waals surface area contributed by atoms with Crippen molar-refractivity contribution in [3.05, 3.63) is 35.4 Å². The molecular formula is C16H25NO3.